The largest absolute Gasteiger partial charge is 0.333 e. The van der Waals surface area contributed by atoms with Crippen molar-refractivity contribution in [1.82, 2.24) is 9.97 Å². The number of rotatable bonds is 2. The normalized spacial score (nSPS) is 10.5. The molecule has 92 valence electrons. The number of nitrogens with one attached hydrogen (secondary N) is 1. The molecule has 0 fully saturated rings. The van der Waals surface area contributed by atoms with E-state index in [-0.39, 0.29) is 0 Å². The van der Waals surface area contributed by atoms with E-state index in [4.69, 9.17) is 5.26 Å². The van der Waals surface area contributed by atoms with Crippen molar-refractivity contribution in [1.29, 1.82) is 5.26 Å². The molecule has 3 rings (SSSR count). The van der Waals surface area contributed by atoms with Crippen molar-refractivity contribution < 1.29 is 4.39 Å². The van der Waals surface area contributed by atoms with E-state index < -0.39 is 5.82 Å². The Balaban J connectivity index is 1.96. The van der Waals surface area contributed by atoms with Crippen LogP contribution in [-0.2, 0) is 0 Å². The summed E-state index contributed by atoms with van der Waals surface area (Å²) in [5.74, 6) is -0.419. The number of imidazole rings is 1. The van der Waals surface area contributed by atoms with Gasteiger partial charge in [0.1, 0.15) is 5.82 Å². The van der Waals surface area contributed by atoms with Crippen LogP contribution in [0, 0.1) is 17.1 Å². The summed E-state index contributed by atoms with van der Waals surface area (Å²) >= 11 is 1.30. The highest BCUT2D eigenvalue weighted by atomic mass is 32.2. The maximum absolute atomic E-state index is 13.3. The van der Waals surface area contributed by atoms with Gasteiger partial charge in [-0.15, -0.1) is 0 Å². The maximum Gasteiger partial charge on any atom is 0.171 e. The van der Waals surface area contributed by atoms with E-state index in [0.717, 1.165) is 11.0 Å². The maximum atomic E-state index is 13.3. The number of H-pyrrole nitrogens is 1. The van der Waals surface area contributed by atoms with Crippen molar-refractivity contribution in [3.05, 3.63) is 53.8 Å². The third kappa shape index (κ3) is 2.44. The number of hydrogen-bond donors (Lipinski definition) is 1. The van der Waals surface area contributed by atoms with Gasteiger partial charge < -0.3 is 4.98 Å². The van der Waals surface area contributed by atoms with Gasteiger partial charge in [0.25, 0.3) is 0 Å². The summed E-state index contributed by atoms with van der Waals surface area (Å²) in [6, 6.07) is 13.8. The van der Waals surface area contributed by atoms with E-state index in [0.29, 0.717) is 15.6 Å². The van der Waals surface area contributed by atoms with Gasteiger partial charge in [-0.2, -0.15) is 5.26 Å². The zero-order valence-corrected chi connectivity index (χ0v) is 10.5. The molecule has 2 aromatic carbocycles. The second-order valence-electron chi connectivity index (χ2n) is 3.95. The lowest BCUT2D eigenvalue weighted by atomic mass is 10.2. The fourth-order valence-corrected chi connectivity index (χ4v) is 2.66. The zero-order valence-electron chi connectivity index (χ0n) is 9.72. The molecule has 0 unspecified atom stereocenters. The number of benzene rings is 2. The Morgan fingerprint density at radius 3 is 2.84 bits per heavy atom. The Morgan fingerprint density at radius 2 is 2.05 bits per heavy atom. The van der Waals surface area contributed by atoms with Crippen LogP contribution in [0.5, 0.6) is 0 Å². The van der Waals surface area contributed by atoms with Crippen LogP contribution < -0.4 is 0 Å². The minimum atomic E-state index is -0.419. The molecule has 5 heteroatoms. The first-order chi connectivity index (χ1) is 9.24. The molecule has 0 amide bonds. The van der Waals surface area contributed by atoms with Crippen molar-refractivity contribution in [3.8, 4) is 6.07 Å². The average Bonchev–Trinajstić information content (AvgIpc) is 2.80. The Morgan fingerprint density at radius 1 is 1.21 bits per heavy atom. The van der Waals surface area contributed by atoms with Crippen molar-refractivity contribution in [2.75, 3.05) is 0 Å². The Bertz CT molecular complexity index is 756. The highest BCUT2D eigenvalue weighted by Crippen LogP contribution is 2.28. The lowest BCUT2D eigenvalue weighted by molar-refractivity contribution is 0.623. The van der Waals surface area contributed by atoms with E-state index >= 15 is 0 Å². The van der Waals surface area contributed by atoms with Crippen molar-refractivity contribution >= 4 is 22.8 Å². The molecule has 1 N–H and O–H groups in total. The number of fused-ring (bicyclic) bond motifs is 1. The summed E-state index contributed by atoms with van der Waals surface area (Å²) in [6.07, 6.45) is 0. The molecule has 0 radical (unpaired) electrons. The smallest absolute Gasteiger partial charge is 0.171 e. The van der Waals surface area contributed by atoms with Gasteiger partial charge in [-0.25, -0.2) is 9.37 Å². The van der Waals surface area contributed by atoms with Crippen molar-refractivity contribution in [2.24, 2.45) is 0 Å². The second kappa shape index (κ2) is 4.75. The number of para-hydroxylation sites is 2. The monoisotopic (exact) mass is 269 g/mol. The number of nitriles is 1. The van der Waals surface area contributed by atoms with Crippen LogP contribution in [0.25, 0.3) is 11.0 Å². The fraction of sp³-hybridized carbons (Fsp3) is 0. The molecule has 0 aliphatic heterocycles. The van der Waals surface area contributed by atoms with Gasteiger partial charge in [-0.05, 0) is 30.3 Å². The van der Waals surface area contributed by atoms with Crippen LogP contribution in [-0.4, -0.2) is 9.97 Å². The summed E-state index contributed by atoms with van der Waals surface area (Å²) in [7, 11) is 0. The first-order valence-electron chi connectivity index (χ1n) is 5.58. The predicted molar refractivity (Wildman–Crippen MR) is 71.3 cm³/mol. The summed E-state index contributed by atoms with van der Waals surface area (Å²) < 4.78 is 13.3. The van der Waals surface area contributed by atoms with E-state index in [1.54, 1.807) is 6.07 Å². The number of nitrogens with zero attached hydrogens (tertiary/aromatic N) is 2. The van der Waals surface area contributed by atoms with Crippen molar-refractivity contribution in [2.45, 2.75) is 10.1 Å². The van der Waals surface area contributed by atoms with E-state index in [9.17, 15) is 4.39 Å². The third-order valence-electron chi connectivity index (χ3n) is 2.58. The third-order valence-corrected chi connectivity index (χ3v) is 3.44. The van der Waals surface area contributed by atoms with Gasteiger partial charge in [0.15, 0.2) is 5.16 Å². The second-order valence-corrected chi connectivity index (χ2v) is 5.01. The number of halogens is 1. The Hall–Kier alpha value is -2.32. The molecule has 3 aromatic rings. The predicted octanol–water partition coefficient (Wildman–Crippen LogP) is 3.72. The first-order valence-corrected chi connectivity index (χ1v) is 6.39. The number of aromatic amines is 1. The summed E-state index contributed by atoms with van der Waals surface area (Å²) in [4.78, 5) is 8.19. The molecule has 0 saturated carbocycles. The van der Waals surface area contributed by atoms with Gasteiger partial charge in [0, 0.05) is 4.90 Å². The van der Waals surface area contributed by atoms with Crippen LogP contribution in [0.15, 0.2) is 52.5 Å². The topological polar surface area (TPSA) is 52.5 Å². The average molecular weight is 269 g/mol. The molecule has 0 bridgehead atoms. The van der Waals surface area contributed by atoms with Crippen LogP contribution in [0.3, 0.4) is 0 Å². The molecule has 0 atom stereocenters. The summed E-state index contributed by atoms with van der Waals surface area (Å²) in [5, 5.41) is 9.49. The minimum absolute atomic E-state index is 0.304. The fourth-order valence-electron chi connectivity index (χ4n) is 1.78. The molecular formula is C14H8FN3S. The molecule has 0 aliphatic rings. The number of hydrogen-bond acceptors (Lipinski definition) is 3. The number of aromatic nitrogens is 2. The first kappa shape index (κ1) is 11.8. The van der Waals surface area contributed by atoms with Crippen LogP contribution in [0.1, 0.15) is 5.56 Å². The minimum Gasteiger partial charge on any atom is -0.333 e. The van der Waals surface area contributed by atoms with Crippen LogP contribution in [0.2, 0.25) is 0 Å². The zero-order chi connectivity index (χ0) is 13.2. The van der Waals surface area contributed by atoms with Gasteiger partial charge in [0.2, 0.25) is 0 Å². The molecule has 3 nitrogen and oxygen atoms in total. The van der Waals surface area contributed by atoms with E-state index in [2.05, 4.69) is 9.97 Å². The quantitative estimate of drug-likeness (QED) is 0.771. The van der Waals surface area contributed by atoms with Crippen LogP contribution in [0.4, 0.5) is 4.39 Å². The summed E-state index contributed by atoms with van der Waals surface area (Å²) in [5.41, 5.74) is 2.10. The van der Waals surface area contributed by atoms with Gasteiger partial charge >= 0.3 is 0 Å². The van der Waals surface area contributed by atoms with E-state index in [1.165, 1.54) is 23.9 Å². The van der Waals surface area contributed by atoms with Gasteiger partial charge in [-0.3, -0.25) is 0 Å². The van der Waals surface area contributed by atoms with Crippen molar-refractivity contribution in [3.63, 3.8) is 0 Å². The molecule has 0 saturated heterocycles. The molecular weight excluding hydrogens is 261 g/mol. The Labute approximate surface area is 113 Å². The lowest BCUT2D eigenvalue weighted by Crippen LogP contribution is -1.82. The highest BCUT2D eigenvalue weighted by Gasteiger charge is 2.06. The Kier molecular flexibility index (Phi) is 2.94. The molecule has 19 heavy (non-hydrogen) atoms. The molecule has 0 spiro atoms. The van der Waals surface area contributed by atoms with E-state index in [1.807, 2.05) is 30.3 Å². The highest BCUT2D eigenvalue weighted by molar-refractivity contribution is 7.99. The molecule has 1 aromatic heterocycles. The van der Waals surface area contributed by atoms with Gasteiger partial charge in [0.05, 0.1) is 22.7 Å². The molecule has 0 aliphatic carbocycles. The molecule has 1 heterocycles. The lowest BCUT2D eigenvalue weighted by Gasteiger charge is -1.99. The SMILES string of the molecule is N#Cc1cc(F)cc(Sc2nc3ccccc3[nH]2)c1. The summed E-state index contributed by atoms with van der Waals surface area (Å²) in [6.45, 7) is 0. The van der Waals surface area contributed by atoms with Crippen LogP contribution >= 0.6 is 11.8 Å². The standard InChI is InChI=1S/C14H8FN3S/c15-10-5-9(8-16)6-11(7-10)19-14-17-12-3-1-2-4-13(12)18-14/h1-7H,(H,17,18). The van der Waals surface area contributed by atoms with Gasteiger partial charge in [-0.1, -0.05) is 23.9 Å².